The Hall–Kier alpha value is -1.34. The zero-order chi connectivity index (χ0) is 14.1. The number of Topliss-reactive ketones (excluding diaryl/α,β-unsaturated/α-hetero) is 1. The number of hydrogen-bond acceptors (Lipinski definition) is 4. The fourth-order valence-corrected chi connectivity index (χ4v) is 3.34. The summed E-state index contributed by atoms with van der Waals surface area (Å²) in [5.74, 6) is 0.278. The molecule has 0 radical (unpaired) electrons. The molecule has 1 N–H and O–H groups in total. The summed E-state index contributed by atoms with van der Waals surface area (Å²) in [4.78, 5) is 23.8. The number of halogens is 1. The number of hydrogen-bond donors (Lipinski definition) is 1. The quantitative estimate of drug-likeness (QED) is 0.662. The van der Waals surface area contributed by atoms with Gasteiger partial charge in [0.15, 0.2) is 10.9 Å². The fraction of sp³-hybridized carbons (Fsp3) is 0.308. The van der Waals surface area contributed by atoms with Crippen molar-refractivity contribution in [3.63, 3.8) is 0 Å². The van der Waals surface area contributed by atoms with Crippen molar-refractivity contribution in [2.24, 2.45) is 0 Å². The number of nitrogens with one attached hydrogen (secondary N) is 1. The molecule has 7 heteroatoms. The van der Waals surface area contributed by atoms with Crippen LogP contribution in [0.4, 0.5) is 0 Å². The van der Waals surface area contributed by atoms with Crippen LogP contribution in [-0.4, -0.2) is 26.3 Å². The van der Waals surface area contributed by atoms with Gasteiger partial charge in [-0.05, 0) is 18.9 Å². The Morgan fingerprint density at radius 2 is 2.20 bits per heavy atom. The minimum Gasteiger partial charge on any atom is -0.293 e. The van der Waals surface area contributed by atoms with Gasteiger partial charge in [0.2, 0.25) is 0 Å². The third-order valence-corrected chi connectivity index (χ3v) is 4.73. The molecule has 0 atom stereocenters. The molecule has 5 nitrogen and oxygen atoms in total. The van der Waals surface area contributed by atoms with Crippen molar-refractivity contribution in [3.8, 4) is 0 Å². The Balaban J connectivity index is 1.73. The Labute approximate surface area is 127 Å². The average Bonchev–Trinajstić information content (AvgIpc) is 3.20. The van der Waals surface area contributed by atoms with E-state index in [1.807, 2.05) is 18.2 Å². The maximum Gasteiger partial charge on any atom is 0.344 e. The second kappa shape index (κ2) is 5.57. The maximum absolute atomic E-state index is 12.2. The Kier molecular flexibility index (Phi) is 3.80. The van der Waals surface area contributed by atoms with Crippen molar-refractivity contribution < 1.29 is 4.79 Å². The number of carbonyl (C=O) groups excluding carboxylic acids is 1. The molecule has 2 aromatic rings. The van der Waals surface area contributed by atoms with E-state index >= 15 is 0 Å². The molecule has 1 fully saturated rings. The van der Waals surface area contributed by atoms with Crippen LogP contribution in [0.25, 0.3) is 0 Å². The van der Waals surface area contributed by atoms with E-state index in [1.54, 1.807) is 10.6 Å². The molecule has 1 aliphatic rings. The summed E-state index contributed by atoms with van der Waals surface area (Å²) in [6, 6.07) is 7.57. The van der Waals surface area contributed by atoms with Crippen molar-refractivity contribution in [1.29, 1.82) is 0 Å². The van der Waals surface area contributed by atoms with Gasteiger partial charge in [-0.1, -0.05) is 45.9 Å². The first-order valence-electron chi connectivity index (χ1n) is 6.24. The number of thioether (sulfide) groups is 1. The summed E-state index contributed by atoms with van der Waals surface area (Å²) in [5, 5.41) is 7.03. The lowest BCUT2D eigenvalue weighted by molar-refractivity contribution is 0.102. The molecular formula is C13H12BrN3O2S. The number of rotatable bonds is 5. The highest BCUT2D eigenvalue weighted by atomic mass is 79.9. The van der Waals surface area contributed by atoms with Crippen molar-refractivity contribution in [2.75, 3.05) is 5.75 Å². The van der Waals surface area contributed by atoms with E-state index in [4.69, 9.17) is 0 Å². The van der Waals surface area contributed by atoms with Gasteiger partial charge < -0.3 is 0 Å². The topological polar surface area (TPSA) is 67.8 Å². The SMILES string of the molecule is O=C(CSc1n[nH]c(=O)n1C1CC1)c1ccccc1Br. The lowest BCUT2D eigenvalue weighted by atomic mass is 10.1. The third-order valence-electron chi connectivity index (χ3n) is 3.09. The minimum atomic E-state index is -0.191. The molecule has 1 saturated carbocycles. The highest BCUT2D eigenvalue weighted by Crippen LogP contribution is 2.36. The van der Waals surface area contributed by atoms with E-state index in [0.29, 0.717) is 10.7 Å². The van der Waals surface area contributed by atoms with Crippen LogP contribution in [-0.2, 0) is 0 Å². The third kappa shape index (κ3) is 2.73. The zero-order valence-corrected chi connectivity index (χ0v) is 12.9. The molecule has 0 spiro atoms. The minimum absolute atomic E-state index is 0.0141. The summed E-state index contributed by atoms with van der Waals surface area (Å²) in [6.45, 7) is 0. The standard InChI is InChI=1S/C13H12BrN3O2S/c14-10-4-2-1-3-9(10)11(18)7-20-13-16-15-12(19)17(13)8-5-6-8/h1-4,8H,5-7H2,(H,15,19). The first kappa shape index (κ1) is 13.6. The van der Waals surface area contributed by atoms with Gasteiger partial charge in [-0.25, -0.2) is 9.89 Å². The van der Waals surface area contributed by atoms with Gasteiger partial charge in [0.25, 0.3) is 0 Å². The van der Waals surface area contributed by atoms with E-state index in [0.717, 1.165) is 17.3 Å². The lowest BCUT2D eigenvalue weighted by Gasteiger charge is -2.04. The summed E-state index contributed by atoms with van der Waals surface area (Å²) in [7, 11) is 0. The molecule has 3 rings (SSSR count). The Morgan fingerprint density at radius 3 is 2.90 bits per heavy atom. The number of carbonyl (C=O) groups is 1. The van der Waals surface area contributed by atoms with Gasteiger partial charge in [0.1, 0.15) is 0 Å². The van der Waals surface area contributed by atoms with Crippen molar-refractivity contribution in [1.82, 2.24) is 14.8 Å². The van der Waals surface area contributed by atoms with Crippen LogP contribution in [0.3, 0.4) is 0 Å². The van der Waals surface area contributed by atoms with Crippen molar-refractivity contribution in [3.05, 3.63) is 44.8 Å². The molecule has 0 amide bonds. The highest BCUT2D eigenvalue weighted by Gasteiger charge is 2.28. The molecular weight excluding hydrogens is 342 g/mol. The molecule has 0 unspecified atom stereocenters. The van der Waals surface area contributed by atoms with Crippen molar-refractivity contribution in [2.45, 2.75) is 24.0 Å². The van der Waals surface area contributed by atoms with E-state index in [1.165, 1.54) is 11.8 Å². The molecule has 1 heterocycles. The van der Waals surface area contributed by atoms with Crippen LogP contribution < -0.4 is 5.69 Å². The van der Waals surface area contributed by atoms with Crippen LogP contribution in [0.15, 0.2) is 38.7 Å². The van der Waals surface area contributed by atoms with Gasteiger partial charge in [-0.2, -0.15) is 0 Å². The van der Waals surface area contributed by atoms with Crippen molar-refractivity contribution >= 4 is 33.5 Å². The number of H-pyrrole nitrogens is 1. The predicted molar refractivity (Wildman–Crippen MR) is 80.3 cm³/mol. The molecule has 0 saturated heterocycles. The number of aromatic amines is 1. The second-order valence-electron chi connectivity index (χ2n) is 4.60. The molecule has 1 aromatic heterocycles. The Bertz CT molecular complexity index is 706. The maximum atomic E-state index is 12.2. The van der Waals surface area contributed by atoms with Gasteiger partial charge in [-0.3, -0.25) is 9.36 Å². The molecule has 20 heavy (non-hydrogen) atoms. The monoisotopic (exact) mass is 353 g/mol. The van der Waals surface area contributed by atoms with E-state index in [-0.39, 0.29) is 23.3 Å². The number of nitrogens with zero attached hydrogens (tertiary/aromatic N) is 2. The van der Waals surface area contributed by atoms with Crippen LogP contribution in [0.1, 0.15) is 29.2 Å². The van der Waals surface area contributed by atoms with Crippen LogP contribution in [0.5, 0.6) is 0 Å². The summed E-state index contributed by atoms with van der Waals surface area (Å²) >= 11 is 4.67. The second-order valence-corrected chi connectivity index (χ2v) is 6.40. The van der Waals surface area contributed by atoms with Crippen LogP contribution >= 0.6 is 27.7 Å². The van der Waals surface area contributed by atoms with Crippen LogP contribution in [0, 0.1) is 0 Å². The van der Waals surface area contributed by atoms with Gasteiger partial charge in [0, 0.05) is 16.1 Å². The summed E-state index contributed by atoms with van der Waals surface area (Å²) in [5.41, 5.74) is 0.458. The average molecular weight is 354 g/mol. The van der Waals surface area contributed by atoms with Gasteiger partial charge in [0.05, 0.1) is 5.75 Å². The van der Waals surface area contributed by atoms with E-state index in [2.05, 4.69) is 26.1 Å². The first-order valence-corrected chi connectivity index (χ1v) is 8.02. The fourth-order valence-electron chi connectivity index (χ4n) is 1.94. The number of ketones is 1. The largest absolute Gasteiger partial charge is 0.344 e. The number of aromatic nitrogens is 3. The molecule has 1 aromatic carbocycles. The molecule has 1 aliphatic carbocycles. The predicted octanol–water partition coefficient (Wildman–Crippen LogP) is 2.64. The summed E-state index contributed by atoms with van der Waals surface area (Å²) < 4.78 is 2.44. The normalized spacial score (nSPS) is 14.4. The molecule has 0 bridgehead atoms. The van der Waals surface area contributed by atoms with E-state index in [9.17, 15) is 9.59 Å². The Morgan fingerprint density at radius 1 is 1.45 bits per heavy atom. The first-order chi connectivity index (χ1) is 9.66. The van der Waals surface area contributed by atoms with Gasteiger partial charge >= 0.3 is 5.69 Å². The highest BCUT2D eigenvalue weighted by molar-refractivity contribution is 9.10. The smallest absolute Gasteiger partial charge is 0.293 e. The molecule has 104 valence electrons. The number of benzene rings is 1. The lowest BCUT2D eigenvalue weighted by Crippen LogP contribution is -2.16. The summed E-state index contributed by atoms with van der Waals surface area (Å²) in [6.07, 6.45) is 2.01. The zero-order valence-electron chi connectivity index (χ0n) is 10.5. The van der Waals surface area contributed by atoms with E-state index < -0.39 is 0 Å². The van der Waals surface area contributed by atoms with Crippen LogP contribution in [0.2, 0.25) is 0 Å². The molecule has 0 aliphatic heterocycles. The van der Waals surface area contributed by atoms with Gasteiger partial charge in [-0.15, -0.1) is 5.10 Å².